The molecule has 1 amide bonds. The van der Waals surface area contributed by atoms with Crippen LogP contribution in [0, 0.1) is 0 Å². The highest BCUT2D eigenvalue weighted by Crippen LogP contribution is 2.21. The maximum atomic E-state index is 12.5. The molecule has 0 aromatic heterocycles. The monoisotopic (exact) mass is 291 g/mol. The highest BCUT2D eigenvalue weighted by molar-refractivity contribution is 5.83. The normalized spacial score (nSPS) is 17.5. The van der Waals surface area contributed by atoms with Gasteiger partial charge in [0, 0.05) is 13.1 Å². The molecule has 0 aliphatic carbocycles. The van der Waals surface area contributed by atoms with Crippen LogP contribution in [0.4, 0.5) is 0 Å². The molecule has 114 valence electrons. The zero-order valence-corrected chi connectivity index (χ0v) is 12.2. The first-order valence-corrected chi connectivity index (χ1v) is 7.25. The van der Waals surface area contributed by atoms with E-state index >= 15 is 0 Å². The molecule has 1 atom stereocenters. The second-order valence-electron chi connectivity index (χ2n) is 5.36. The number of nitrogens with zero attached hydrogens (tertiary/aromatic N) is 1. The average Bonchev–Trinajstić information content (AvgIpc) is 2.53. The third-order valence-electron chi connectivity index (χ3n) is 3.87. The van der Waals surface area contributed by atoms with Gasteiger partial charge in [0.2, 0.25) is 5.91 Å². The van der Waals surface area contributed by atoms with Gasteiger partial charge in [0.25, 0.3) is 0 Å². The fourth-order valence-corrected chi connectivity index (χ4v) is 2.59. The number of carboxylic acids is 1. The Morgan fingerprint density at radius 3 is 2.48 bits per heavy atom. The molecule has 2 rings (SSSR count). The van der Waals surface area contributed by atoms with E-state index in [1.54, 1.807) is 0 Å². The van der Waals surface area contributed by atoms with Crippen LogP contribution in [0.5, 0.6) is 0 Å². The maximum absolute atomic E-state index is 12.5. The number of carbonyl (C=O) groups is 2. The summed E-state index contributed by atoms with van der Waals surface area (Å²) in [5, 5.41) is 8.59. The van der Waals surface area contributed by atoms with Crippen molar-refractivity contribution in [1.29, 1.82) is 0 Å². The third kappa shape index (κ3) is 4.29. The summed E-state index contributed by atoms with van der Waals surface area (Å²) >= 11 is 0. The summed E-state index contributed by atoms with van der Waals surface area (Å²) < 4.78 is 5.28. The minimum Gasteiger partial charge on any atom is -0.480 e. The number of hydrogen-bond acceptors (Lipinski definition) is 3. The number of hydrogen-bond donors (Lipinski definition) is 1. The first kappa shape index (κ1) is 15.5. The summed E-state index contributed by atoms with van der Waals surface area (Å²) in [7, 11) is 0. The van der Waals surface area contributed by atoms with Gasteiger partial charge in [-0.05, 0) is 25.3 Å². The van der Waals surface area contributed by atoms with Crippen molar-refractivity contribution in [3.63, 3.8) is 0 Å². The second kappa shape index (κ2) is 7.22. The van der Waals surface area contributed by atoms with Gasteiger partial charge in [-0.3, -0.25) is 4.79 Å². The van der Waals surface area contributed by atoms with E-state index in [0.717, 1.165) is 5.56 Å². The van der Waals surface area contributed by atoms with Crippen molar-refractivity contribution < 1.29 is 19.4 Å². The molecule has 0 radical (unpaired) electrons. The van der Waals surface area contributed by atoms with Crippen LogP contribution in [0.15, 0.2) is 30.3 Å². The summed E-state index contributed by atoms with van der Waals surface area (Å²) in [6.07, 6.45) is 1.33. The van der Waals surface area contributed by atoms with Gasteiger partial charge in [0.1, 0.15) is 6.61 Å². The number of piperidine rings is 1. The van der Waals surface area contributed by atoms with Crippen molar-refractivity contribution >= 4 is 11.9 Å². The zero-order chi connectivity index (χ0) is 15.2. The standard InChI is InChI=1S/C16H21NO4/c1-12(13-5-3-2-4-6-13)16(20)17-9-7-14(8-10-17)21-11-15(18)19/h2-6,12,14H,7-11H2,1H3,(H,18,19). The van der Waals surface area contributed by atoms with E-state index in [2.05, 4.69) is 0 Å². The SMILES string of the molecule is CC(C(=O)N1CCC(OCC(=O)O)CC1)c1ccccc1. The lowest BCUT2D eigenvalue weighted by atomic mass is 9.98. The predicted octanol–water partition coefficient (Wildman–Crippen LogP) is 1.88. The molecule has 0 saturated carbocycles. The molecule has 1 fully saturated rings. The molecule has 1 aliphatic heterocycles. The number of rotatable bonds is 5. The summed E-state index contributed by atoms with van der Waals surface area (Å²) in [4.78, 5) is 24.8. The van der Waals surface area contributed by atoms with Crippen molar-refractivity contribution in [3.8, 4) is 0 Å². The van der Waals surface area contributed by atoms with Gasteiger partial charge >= 0.3 is 5.97 Å². The average molecular weight is 291 g/mol. The number of benzene rings is 1. The van der Waals surface area contributed by atoms with Crippen molar-refractivity contribution in [1.82, 2.24) is 4.90 Å². The molecule has 1 aliphatic rings. The smallest absolute Gasteiger partial charge is 0.329 e. The van der Waals surface area contributed by atoms with Crippen LogP contribution in [0.1, 0.15) is 31.2 Å². The van der Waals surface area contributed by atoms with Crippen LogP contribution >= 0.6 is 0 Å². The Labute approximate surface area is 124 Å². The molecule has 1 aromatic rings. The molecule has 21 heavy (non-hydrogen) atoms. The quantitative estimate of drug-likeness (QED) is 0.899. The van der Waals surface area contributed by atoms with Gasteiger partial charge in [-0.15, -0.1) is 0 Å². The second-order valence-corrected chi connectivity index (χ2v) is 5.36. The van der Waals surface area contributed by atoms with E-state index in [4.69, 9.17) is 9.84 Å². The Morgan fingerprint density at radius 1 is 1.29 bits per heavy atom. The van der Waals surface area contributed by atoms with Crippen LogP contribution in [0.3, 0.4) is 0 Å². The van der Waals surface area contributed by atoms with Gasteiger partial charge in [0.05, 0.1) is 12.0 Å². The Kier molecular flexibility index (Phi) is 5.33. The largest absolute Gasteiger partial charge is 0.480 e. The Morgan fingerprint density at radius 2 is 1.90 bits per heavy atom. The Hall–Kier alpha value is -1.88. The van der Waals surface area contributed by atoms with Crippen molar-refractivity contribution in [3.05, 3.63) is 35.9 Å². The number of carbonyl (C=O) groups excluding carboxylic acids is 1. The lowest BCUT2D eigenvalue weighted by molar-refractivity contribution is -0.147. The lowest BCUT2D eigenvalue weighted by Crippen LogP contribution is -2.42. The van der Waals surface area contributed by atoms with Crippen molar-refractivity contribution in [2.75, 3.05) is 19.7 Å². The number of likely N-dealkylation sites (tertiary alicyclic amines) is 1. The molecule has 5 heteroatoms. The number of ether oxygens (including phenoxy) is 1. The van der Waals surface area contributed by atoms with Crippen LogP contribution < -0.4 is 0 Å². The Bertz CT molecular complexity index is 480. The maximum Gasteiger partial charge on any atom is 0.329 e. The molecule has 0 bridgehead atoms. The Balaban J connectivity index is 1.84. The molecular formula is C16H21NO4. The number of amides is 1. The van der Waals surface area contributed by atoms with Gasteiger partial charge in [-0.25, -0.2) is 4.79 Å². The van der Waals surface area contributed by atoms with E-state index in [0.29, 0.717) is 25.9 Å². The lowest BCUT2D eigenvalue weighted by Gasteiger charge is -2.33. The highest BCUT2D eigenvalue weighted by Gasteiger charge is 2.27. The minimum absolute atomic E-state index is 0.0582. The van der Waals surface area contributed by atoms with E-state index in [9.17, 15) is 9.59 Å². The first-order valence-electron chi connectivity index (χ1n) is 7.25. The summed E-state index contributed by atoms with van der Waals surface area (Å²) in [5.41, 5.74) is 1.02. The molecule has 1 saturated heterocycles. The molecule has 1 N–H and O–H groups in total. The number of carboxylic acid groups (broad SMARTS) is 1. The molecule has 1 aromatic carbocycles. The van der Waals surface area contributed by atoms with Crippen LogP contribution in [-0.2, 0) is 14.3 Å². The van der Waals surface area contributed by atoms with E-state index in [-0.39, 0.29) is 24.5 Å². The summed E-state index contributed by atoms with van der Waals surface area (Å²) in [6, 6.07) is 9.73. The van der Waals surface area contributed by atoms with Gasteiger partial charge in [-0.2, -0.15) is 0 Å². The topological polar surface area (TPSA) is 66.8 Å². The predicted molar refractivity (Wildman–Crippen MR) is 78.0 cm³/mol. The van der Waals surface area contributed by atoms with Gasteiger partial charge < -0.3 is 14.7 Å². The van der Waals surface area contributed by atoms with Crippen molar-refractivity contribution in [2.45, 2.75) is 31.8 Å². The molecule has 5 nitrogen and oxygen atoms in total. The van der Waals surface area contributed by atoms with E-state index < -0.39 is 5.97 Å². The molecule has 1 heterocycles. The summed E-state index contributed by atoms with van der Waals surface area (Å²) in [5.74, 6) is -0.980. The van der Waals surface area contributed by atoms with Gasteiger partial charge in [0.15, 0.2) is 0 Å². The summed E-state index contributed by atoms with van der Waals surface area (Å²) in [6.45, 7) is 2.91. The highest BCUT2D eigenvalue weighted by atomic mass is 16.5. The minimum atomic E-state index is -0.953. The third-order valence-corrected chi connectivity index (χ3v) is 3.87. The first-order chi connectivity index (χ1) is 10.1. The fraction of sp³-hybridized carbons (Fsp3) is 0.500. The van der Waals surface area contributed by atoms with E-state index in [1.807, 2.05) is 42.2 Å². The molecule has 1 unspecified atom stereocenters. The van der Waals surface area contributed by atoms with Gasteiger partial charge in [-0.1, -0.05) is 30.3 Å². The van der Waals surface area contributed by atoms with Crippen molar-refractivity contribution in [2.24, 2.45) is 0 Å². The van der Waals surface area contributed by atoms with Crippen LogP contribution in [0.25, 0.3) is 0 Å². The van der Waals surface area contributed by atoms with Crippen LogP contribution in [0.2, 0.25) is 0 Å². The van der Waals surface area contributed by atoms with E-state index in [1.165, 1.54) is 0 Å². The fourth-order valence-electron chi connectivity index (χ4n) is 2.59. The van der Waals surface area contributed by atoms with Crippen LogP contribution in [-0.4, -0.2) is 47.7 Å². The molecule has 0 spiro atoms. The zero-order valence-electron chi connectivity index (χ0n) is 12.2. The molecular weight excluding hydrogens is 270 g/mol. The number of aliphatic carboxylic acids is 1.